The normalized spacial score (nSPS) is 15.4. The summed E-state index contributed by atoms with van der Waals surface area (Å²) in [6.45, 7) is 8.62. The number of ether oxygens (including phenoxy) is 1. The topological polar surface area (TPSA) is 75.6 Å². The number of hydrogen-bond acceptors (Lipinski definition) is 4. The molecule has 0 rings (SSSR count). The first-order valence-corrected chi connectivity index (χ1v) is 5.22. The molecule has 0 saturated heterocycles. The molecule has 0 spiro atoms. The van der Waals surface area contributed by atoms with Gasteiger partial charge < -0.3 is 15.2 Å². The molecule has 1 amide bonds. The van der Waals surface area contributed by atoms with E-state index < -0.39 is 23.8 Å². The Balaban J connectivity index is 4.34. The second-order valence-electron chi connectivity index (χ2n) is 4.98. The van der Waals surface area contributed by atoms with Gasteiger partial charge in [-0.3, -0.25) is 4.79 Å². The van der Waals surface area contributed by atoms with Crippen LogP contribution in [0.15, 0.2) is 0 Å². The van der Waals surface area contributed by atoms with Crippen molar-refractivity contribution in [2.75, 3.05) is 0 Å². The second kappa shape index (κ2) is 5.84. The highest BCUT2D eigenvalue weighted by Gasteiger charge is 2.26. The maximum Gasteiger partial charge on any atom is 0.408 e. The van der Waals surface area contributed by atoms with Crippen LogP contribution in [0.1, 0.15) is 34.6 Å². The summed E-state index contributed by atoms with van der Waals surface area (Å²) >= 11 is 0. The number of carbonyl (C=O) groups excluding carboxylic acids is 2. The van der Waals surface area contributed by atoms with Crippen LogP contribution in [0.25, 0.3) is 0 Å². The zero-order valence-electron chi connectivity index (χ0n) is 10.4. The van der Waals surface area contributed by atoms with Crippen LogP contribution in [-0.2, 0) is 9.53 Å². The van der Waals surface area contributed by atoms with Crippen LogP contribution in [0, 0.1) is 5.92 Å². The molecule has 0 aromatic rings. The number of rotatable bonds is 4. The first kappa shape index (κ1) is 14.9. The molecule has 0 aliphatic carbocycles. The van der Waals surface area contributed by atoms with E-state index in [1.807, 2.05) is 0 Å². The van der Waals surface area contributed by atoms with Gasteiger partial charge in [0.2, 0.25) is 6.29 Å². The molecule has 5 heteroatoms. The molecule has 16 heavy (non-hydrogen) atoms. The Morgan fingerprint density at radius 2 is 1.88 bits per heavy atom. The monoisotopic (exact) mass is 230 g/mol. The molecule has 0 aliphatic heterocycles. The predicted molar refractivity (Wildman–Crippen MR) is 59.7 cm³/mol. The van der Waals surface area contributed by atoms with Gasteiger partial charge in [-0.1, -0.05) is 13.8 Å². The van der Waals surface area contributed by atoms with E-state index in [0.717, 1.165) is 0 Å². The molecule has 0 fully saturated rings. The van der Waals surface area contributed by atoms with Gasteiger partial charge in [-0.15, -0.1) is 0 Å². The van der Waals surface area contributed by atoms with Crippen LogP contribution in [-0.4, -0.2) is 35.2 Å². The number of hydrogen-bond donors (Lipinski definition) is 2. The lowest BCUT2D eigenvalue weighted by molar-refractivity contribution is 0.0425. The highest BCUT2D eigenvalue weighted by molar-refractivity contribution is 5.74. The van der Waals surface area contributed by atoms with Crippen molar-refractivity contribution < 1.29 is 19.4 Å². The quantitative estimate of drug-likeness (QED) is 0.755. The Bertz CT molecular complexity index is 245. The molecule has 0 aliphatic rings. The van der Waals surface area contributed by atoms with Gasteiger partial charge in [-0.2, -0.15) is 0 Å². The van der Waals surface area contributed by atoms with Gasteiger partial charge in [0.25, 0.3) is 0 Å². The van der Waals surface area contributed by atoms with Crippen LogP contribution >= 0.6 is 0 Å². The van der Waals surface area contributed by atoms with E-state index in [2.05, 4.69) is 5.32 Å². The van der Waals surface area contributed by atoms with E-state index in [1.165, 1.54) is 0 Å². The lowest BCUT2D eigenvalue weighted by Gasteiger charge is -2.24. The van der Waals surface area contributed by atoms with E-state index in [-0.39, 0.29) is 5.92 Å². The molecule has 5 nitrogen and oxygen atoms in total. The van der Waals surface area contributed by atoms with Crippen molar-refractivity contribution in [3.8, 4) is 0 Å². The maximum absolute atomic E-state index is 11.3. The first-order valence-electron chi connectivity index (χ1n) is 5.22. The van der Waals surface area contributed by atoms with Crippen molar-refractivity contribution in [3.05, 3.63) is 0 Å². The third-order valence-electron chi connectivity index (χ3n) is 1.82. The average molecular weight is 230 g/mol. The number of nitrogens with one attached hydrogen (secondary N) is 1. The summed E-state index contributed by atoms with van der Waals surface area (Å²) in [5.74, 6) is -0.151. The molecule has 93 valence electrons. The van der Waals surface area contributed by atoms with Gasteiger partial charge in [0.1, 0.15) is 11.6 Å². The number of amides is 1. The smallest absolute Gasteiger partial charge is 0.408 e. The zero-order valence-corrected chi connectivity index (χ0v) is 10.4. The highest BCUT2D eigenvalue weighted by Crippen LogP contribution is 2.09. The van der Waals surface area contributed by atoms with Crippen molar-refractivity contribution in [1.82, 2.24) is 5.32 Å². The lowest BCUT2D eigenvalue weighted by Crippen LogP contribution is -2.48. The van der Waals surface area contributed by atoms with Gasteiger partial charge in [0, 0.05) is 0 Å². The van der Waals surface area contributed by atoms with Crippen LogP contribution < -0.4 is 5.32 Å². The van der Waals surface area contributed by atoms with Crippen LogP contribution in [0.4, 0.5) is 4.79 Å². The molecule has 2 N–H and O–H groups in total. The van der Waals surface area contributed by atoms with E-state index >= 15 is 0 Å². The molecule has 0 aromatic carbocycles. The fraction of sp³-hybridized carbons (Fsp3) is 0.818. The maximum atomic E-state index is 11.3. The molecular weight excluding hydrogens is 210 g/mol. The van der Waals surface area contributed by atoms with E-state index in [9.17, 15) is 14.7 Å². The van der Waals surface area contributed by atoms with Gasteiger partial charge in [-0.25, -0.2) is 4.79 Å². The fourth-order valence-electron chi connectivity index (χ4n) is 1.00. The van der Waals surface area contributed by atoms with Crippen LogP contribution in [0.5, 0.6) is 0 Å². The van der Waals surface area contributed by atoms with E-state index in [1.54, 1.807) is 40.9 Å². The Kier molecular flexibility index (Phi) is 5.44. The second-order valence-corrected chi connectivity index (χ2v) is 4.98. The Labute approximate surface area is 96.2 Å². The van der Waals surface area contributed by atoms with Crippen LogP contribution in [0.3, 0.4) is 0 Å². The highest BCUT2D eigenvalue weighted by atomic mass is 16.6. The minimum atomic E-state index is -1.06. The number of alkyl carbamates (subject to hydrolysis) is 1. The number of aliphatic hydroxyl groups excluding tert-OH is 1. The predicted octanol–water partition coefficient (Wildman–Crippen LogP) is 1.01. The molecule has 0 saturated carbocycles. The van der Waals surface area contributed by atoms with Gasteiger partial charge in [-0.05, 0) is 26.7 Å². The summed E-state index contributed by atoms with van der Waals surface area (Å²) in [6, 6.07) is -1.06. The third-order valence-corrected chi connectivity index (χ3v) is 1.82. The molecular formula is C11H20NO4. The molecule has 0 unspecified atom stereocenters. The summed E-state index contributed by atoms with van der Waals surface area (Å²) in [5.41, 5.74) is -0.639. The molecule has 0 bridgehead atoms. The molecule has 2 atom stereocenters. The Hall–Kier alpha value is -1.10. The van der Waals surface area contributed by atoms with Crippen molar-refractivity contribution in [2.24, 2.45) is 5.92 Å². The minimum Gasteiger partial charge on any atom is -0.444 e. The van der Waals surface area contributed by atoms with Crippen molar-refractivity contribution in [2.45, 2.75) is 52.4 Å². The molecule has 0 aromatic heterocycles. The van der Waals surface area contributed by atoms with Gasteiger partial charge in [0.15, 0.2) is 0 Å². The molecule has 0 heterocycles. The minimum absolute atomic E-state index is 0.151. The SMILES string of the molecule is CC(C)[C@@H](O)[C@@H]([C]=O)NC(=O)OC(C)(C)C. The summed E-state index contributed by atoms with van der Waals surface area (Å²) in [5, 5.41) is 11.9. The van der Waals surface area contributed by atoms with Crippen molar-refractivity contribution in [3.63, 3.8) is 0 Å². The number of carbonyl (C=O) groups is 1. The standard InChI is InChI=1S/C11H20NO4/c1-7(2)9(14)8(6-13)12-10(15)16-11(3,4)5/h7-9,14H,1-5H3,(H,12,15)/t8-,9-/m1/s1. The summed E-state index contributed by atoms with van der Waals surface area (Å²) < 4.78 is 4.96. The fourth-order valence-corrected chi connectivity index (χ4v) is 1.00. The summed E-state index contributed by atoms with van der Waals surface area (Å²) in [4.78, 5) is 21.9. The Morgan fingerprint density at radius 3 is 2.19 bits per heavy atom. The Morgan fingerprint density at radius 1 is 1.38 bits per heavy atom. The number of aliphatic hydroxyl groups is 1. The average Bonchev–Trinajstić information content (AvgIpc) is 2.09. The largest absolute Gasteiger partial charge is 0.444 e. The summed E-state index contributed by atoms with van der Waals surface area (Å²) in [7, 11) is 0. The zero-order chi connectivity index (χ0) is 12.9. The van der Waals surface area contributed by atoms with Gasteiger partial charge in [0.05, 0.1) is 6.10 Å². The summed E-state index contributed by atoms with van der Waals surface area (Å²) in [6.07, 6.45) is -0.115. The molecule has 1 radical (unpaired) electrons. The first-order chi connectivity index (χ1) is 7.17. The van der Waals surface area contributed by atoms with Crippen LogP contribution in [0.2, 0.25) is 0 Å². The van der Waals surface area contributed by atoms with E-state index in [4.69, 9.17) is 4.74 Å². The lowest BCUT2D eigenvalue weighted by atomic mass is 10.0. The van der Waals surface area contributed by atoms with Crippen molar-refractivity contribution >= 4 is 12.4 Å². The van der Waals surface area contributed by atoms with Gasteiger partial charge >= 0.3 is 6.09 Å². The third kappa shape index (κ3) is 5.70. The van der Waals surface area contributed by atoms with Crippen molar-refractivity contribution in [1.29, 1.82) is 0 Å². The van der Waals surface area contributed by atoms with E-state index in [0.29, 0.717) is 0 Å².